The zero-order valence-electron chi connectivity index (χ0n) is 16.2. The molecular formula is C23H32N2. The number of rotatable bonds is 2. The third-order valence-corrected chi connectivity index (χ3v) is 3.92. The van der Waals surface area contributed by atoms with Crippen LogP contribution in [-0.4, -0.2) is 11.2 Å². The molecule has 1 aromatic rings. The van der Waals surface area contributed by atoms with E-state index in [0.29, 0.717) is 0 Å². The van der Waals surface area contributed by atoms with Gasteiger partial charge in [-0.2, -0.15) is 0 Å². The first-order valence-corrected chi connectivity index (χ1v) is 9.27. The van der Waals surface area contributed by atoms with Crippen molar-refractivity contribution >= 4 is 6.21 Å². The molecule has 1 unspecified atom stereocenters. The maximum absolute atomic E-state index is 4.19. The highest BCUT2D eigenvalue weighted by atomic mass is 14.7. The molecule has 2 heteroatoms. The summed E-state index contributed by atoms with van der Waals surface area (Å²) in [4.78, 5) is 8.08. The number of aromatic nitrogens is 1. The van der Waals surface area contributed by atoms with E-state index < -0.39 is 0 Å². The second kappa shape index (κ2) is 13.1. The van der Waals surface area contributed by atoms with Gasteiger partial charge in [-0.25, -0.2) is 0 Å². The molecule has 2 nitrogen and oxygen atoms in total. The molecule has 1 aliphatic carbocycles. The third-order valence-electron chi connectivity index (χ3n) is 3.92. The molecule has 1 atom stereocenters. The second-order valence-electron chi connectivity index (χ2n) is 6.23. The van der Waals surface area contributed by atoms with Gasteiger partial charge in [0.05, 0.1) is 0 Å². The Morgan fingerprint density at radius 3 is 2.52 bits per heavy atom. The summed E-state index contributed by atoms with van der Waals surface area (Å²) in [7, 11) is 0. The lowest BCUT2D eigenvalue weighted by Gasteiger charge is -2.09. The first kappa shape index (κ1) is 20.8. The normalized spacial score (nSPS) is 18.0. The average Bonchev–Trinajstić information content (AvgIpc) is 2.93. The largest absolute Gasteiger partial charge is 0.264 e. The predicted octanol–water partition coefficient (Wildman–Crippen LogP) is 6.62. The number of pyridine rings is 1. The molecule has 0 bridgehead atoms. The average molecular weight is 337 g/mol. The highest BCUT2D eigenvalue weighted by Crippen LogP contribution is 2.16. The minimum absolute atomic E-state index is 0.764. The standard InChI is InChI=1S/C9H14.C8H11N.C6H7N/c1-3-9-6-4-8(2)5-7-9;1-2-8-6-4-3-5-7-9-8;1-6-3-2-4-7-5-6/h4,6-8H,3,5H2,1-2H3;3,5-7H,2,4H2,1H3;2-5H,1H3. The van der Waals surface area contributed by atoms with E-state index in [4.69, 9.17) is 0 Å². The Hall–Kier alpha value is -2.22. The van der Waals surface area contributed by atoms with Gasteiger partial charge in [0.2, 0.25) is 0 Å². The monoisotopic (exact) mass is 336 g/mol. The van der Waals surface area contributed by atoms with E-state index in [1.165, 1.54) is 29.7 Å². The van der Waals surface area contributed by atoms with Crippen LogP contribution in [0.3, 0.4) is 0 Å². The van der Waals surface area contributed by atoms with E-state index in [1.807, 2.05) is 37.5 Å². The summed E-state index contributed by atoms with van der Waals surface area (Å²) in [5, 5.41) is 0. The summed E-state index contributed by atoms with van der Waals surface area (Å²) in [5.41, 5.74) is 3.90. The van der Waals surface area contributed by atoms with Gasteiger partial charge in [0, 0.05) is 24.3 Å². The van der Waals surface area contributed by atoms with Crippen molar-refractivity contribution in [3.8, 4) is 0 Å². The second-order valence-corrected chi connectivity index (χ2v) is 6.23. The molecule has 1 aliphatic heterocycles. The van der Waals surface area contributed by atoms with Crippen LogP contribution in [0.4, 0.5) is 0 Å². The Morgan fingerprint density at radius 1 is 1.16 bits per heavy atom. The lowest BCUT2D eigenvalue weighted by molar-refractivity contribution is 0.727. The van der Waals surface area contributed by atoms with E-state index in [2.05, 4.69) is 61.1 Å². The molecule has 2 heterocycles. The molecule has 0 saturated carbocycles. The molecule has 0 aromatic carbocycles. The van der Waals surface area contributed by atoms with E-state index in [9.17, 15) is 0 Å². The van der Waals surface area contributed by atoms with E-state index >= 15 is 0 Å². The summed E-state index contributed by atoms with van der Waals surface area (Å²) in [6.45, 7) is 8.59. The molecule has 1 aromatic heterocycles. The molecule has 0 saturated heterocycles. The van der Waals surface area contributed by atoms with Crippen LogP contribution < -0.4 is 0 Å². The number of nitrogens with zero attached hydrogens (tertiary/aromatic N) is 2. The van der Waals surface area contributed by atoms with Gasteiger partial charge in [-0.15, -0.1) is 0 Å². The van der Waals surface area contributed by atoms with Crippen molar-refractivity contribution in [1.29, 1.82) is 0 Å². The van der Waals surface area contributed by atoms with E-state index in [0.717, 1.165) is 18.8 Å². The molecule has 2 aliphatic rings. The van der Waals surface area contributed by atoms with Crippen LogP contribution in [0.5, 0.6) is 0 Å². The van der Waals surface area contributed by atoms with Crippen molar-refractivity contribution in [2.45, 2.75) is 53.4 Å². The number of allylic oxidation sites excluding steroid dienone is 8. The minimum Gasteiger partial charge on any atom is -0.264 e. The molecule has 25 heavy (non-hydrogen) atoms. The zero-order chi connectivity index (χ0) is 18.3. The van der Waals surface area contributed by atoms with Gasteiger partial charge in [0.25, 0.3) is 0 Å². The quantitative estimate of drug-likeness (QED) is 0.595. The zero-order valence-corrected chi connectivity index (χ0v) is 16.2. The summed E-state index contributed by atoms with van der Waals surface area (Å²) >= 11 is 0. The Bertz CT molecular complexity index is 619. The predicted molar refractivity (Wildman–Crippen MR) is 111 cm³/mol. The lowest BCUT2D eigenvalue weighted by atomic mass is 9.97. The van der Waals surface area contributed by atoms with Crippen molar-refractivity contribution in [2.75, 3.05) is 0 Å². The Kier molecular flexibility index (Phi) is 10.9. The fourth-order valence-electron chi connectivity index (χ4n) is 2.25. The molecule has 3 rings (SSSR count). The van der Waals surface area contributed by atoms with Gasteiger partial charge in [0.15, 0.2) is 0 Å². The van der Waals surface area contributed by atoms with Crippen LogP contribution in [-0.2, 0) is 0 Å². The van der Waals surface area contributed by atoms with Gasteiger partial charge >= 0.3 is 0 Å². The van der Waals surface area contributed by atoms with Crippen molar-refractivity contribution in [2.24, 2.45) is 10.9 Å². The number of aryl methyl sites for hydroxylation is 1. The van der Waals surface area contributed by atoms with Gasteiger partial charge in [-0.1, -0.05) is 62.8 Å². The van der Waals surface area contributed by atoms with Gasteiger partial charge in [0.1, 0.15) is 0 Å². The maximum Gasteiger partial charge on any atom is 0.0364 e. The van der Waals surface area contributed by atoms with Crippen molar-refractivity contribution < 1.29 is 0 Å². The van der Waals surface area contributed by atoms with Gasteiger partial charge < -0.3 is 0 Å². The first-order chi connectivity index (χ1) is 12.2. The van der Waals surface area contributed by atoms with Crippen LogP contribution in [0, 0.1) is 12.8 Å². The highest BCUT2D eigenvalue weighted by Gasteiger charge is 2.00. The van der Waals surface area contributed by atoms with Crippen LogP contribution in [0.2, 0.25) is 0 Å². The lowest BCUT2D eigenvalue weighted by Crippen LogP contribution is -1.92. The SMILES string of the molecule is CCC1=CCC(C)C=C1.CCC1=CCC=CC=N1.Cc1cccnc1. The molecule has 0 spiro atoms. The fraction of sp³-hybridized carbons (Fsp3) is 0.391. The molecule has 0 N–H and O–H groups in total. The Labute approximate surface area is 153 Å². The first-order valence-electron chi connectivity index (χ1n) is 9.27. The van der Waals surface area contributed by atoms with Crippen LogP contribution in [0.25, 0.3) is 0 Å². The molecule has 0 amide bonds. The van der Waals surface area contributed by atoms with Gasteiger partial charge in [-0.05, 0) is 56.2 Å². The van der Waals surface area contributed by atoms with Crippen LogP contribution in [0.1, 0.15) is 52.0 Å². The topological polar surface area (TPSA) is 25.2 Å². The smallest absolute Gasteiger partial charge is 0.0364 e. The minimum atomic E-state index is 0.764. The molecule has 0 radical (unpaired) electrons. The van der Waals surface area contributed by atoms with E-state index in [-0.39, 0.29) is 0 Å². The number of hydrogen-bond donors (Lipinski definition) is 0. The fourth-order valence-corrected chi connectivity index (χ4v) is 2.25. The molecular weight excluding hydrogens is 304 g/mol. The van der Waals surface area contributed by atoms with Gasteiger partial charge in [-0.3, -0.25) is 9.98 Å². The summed E-state index contributed by atoms with van der Waals surface area (Å²) in [6.07, 6.45) is 23.1. The molecule has 0 fully saturated rings. The number of aliphatic imine (C=N–C) groups is 1. The van der Waals surface area contributed by atoms with Crippen molar-refractivity contribution in [1.82, 2.24) is 4.98 Å². The molecule has 134 valence electrons. The summed E-state index contributed by atoms with van der Waals surface area (Å²) in [5.74, 6) is 0.764. The summed E-state index contributed by atoms with van der Waals surface area (Å²) < 4.78 is 0. The maximum atomic E-state index is 4.19. The van der Waals surface area contributed by atoms with Crippen molar-refractivity contribution in [3.05, 3.63) is 77.8 Å². The third kappa shape index (κ3) is 10.3. The Balaban J connectivity index is 0.000000189. The van der Waals surface area contributed by atoms with Crippen molar-refractivity contribution in [3.63, 3.8) is 0 Å². The van der Waals surface area contributed by atoms with E-state index in [1.54, 1.807) is 6.20 Å². The van der Waals surface area contributed by atoms with Crippen LogP contribution in [0.15, 0.2) is 77.2 Å². The van der Waals surface area contributed by atoms with Crippen LogP contribution >= 0.6 is 0 Å². The Morgan fingerprint density at radius 2 is 2.00 bits per heavy atom. The highest BCUT2D eigenvalue weighted by molar-refractivity contribution is 5.72. The number of hydrogen-bond acceptors (Lipinski definition) is 2. The summed E-state index contributed by atoms with van der Waals surface area (Å²) in [6, 6.07) is 3.95.